The lowest BCUT2D eigenvalue weighted by molar-refractivity contribution is -0.128. The number of nitrogens with one attached hydrogen (secondary N) is 1. The highest BCUT2D eigenvalue weighted by atomic mass is 16.5. The Hall–Kier alpha value is -2.49. The monoisotopic (exact) mass is 336 g/mol. The number of nitrogen functional groups attached to an aromatic ring is 1. The number of amides is 1. The average Bonchev–Trinajstić information content (AvgIpc) is 2.98. The number of aryl methyl sites for hydroxylation is 3. The fourth-order valence-electron chi connectivity index (χ4n) is 3.91. The molecule has 2 aromatic rings. The first-order valence-electron chi connectivity index (χ1n) is 8.96. The van der Waals surface area contributed by atoms with Crippen LogP contribution in [0.3, 0.4) is 0 Å². The van der Waals surface area contributed by atoms with Crippen molar-refractivity contribution in [3.63, 3.8) is 0 Å². The number of hydrogen-bond acceptors (Lipinski definition) is 3. The molecule has 0 spiro atoms. The van der Waals surface area contributed by atoms with Gasteiger partial charge < -0.3 is 15.8 Å². The number of ether oxygens (including phenoxy) is 1. The highest BCUT2D eigenvalue weighted by Crippen LogP contribution is 2.34. The standard InChI is InChI=1S/C21H24N2O2/c1-12-8-15-11-20(25-19(15)9-13(12)2)21(24)23-18-5-3-4-14-10-16(22)6-7-17(14)18/h6-10,18,20H,3-5,11,22H2,1-2H3,(H,23,24). The van der Waals surface area contributed by atoms with Gasteiger partial charge in [-0.05, 0) is 79.1 Å². The van der Waals surface area contributed by atoms with E-state index in [0.29, 0.717) is 6.42 Å². The molecule has 4 heteroatoms. The van der Waals surface area contributed by atoms with Crippen molar-refractivity contribution in [2.45, 2.75) is 51.7 Å². The van der Waals surface area contributed by atoms with Crippen LogP contribution in [0.25, 0.3) is 0 Å². The van der Waals surface area contributed by atoms with E-state index < -0.39 is 6.10 Å². The van der Waals surface area contributed by atoms with Crippen molar-refractivity contribution in [2.24, 2.45) is 0 Å². The van der Waals surface area contributed by atoms with Gasteiger partial charge in [-0.25, -0.2) is 0 Å². The fourth-order valence-corrected chi connectivity index (χ4v) is 3.91. The van der Waals surface area contributed by atoms with Crippen LogP contribution in [0.1, 0.15) is 46.7 Å². The molecule has 1 amide bonds. The molecule has 0 saturated carbocycles. The number of benzene rings is 2. The van der Waals surface area contributed by atoms with Crippen molar-refractivity contribution >= 4 is 11.6 Å². The first-order valence-corrected chi connectivity index (χ1v) is 8.96. The number of fused-ring (bicyclic) bond motifs is 2. The maximum absolute atomic E-state index is 12.8. The molecule has 4 nitrogen and oxygen atoms in total. The van der Waals surface area contributed by atoms with Crippen LogP contribution in [0.15, 0.2) is 30.3 Å². The zero-order valence-electron chi connectivity index (χ0n) is 14.8. The Labute approximate surface area is 148 Å². The number of rotatable bonds is 2. The first-order chi connectivity index (χ1) is 12.0. The predicted octanol–water partition coefficient (Wildman–Crippen LogP) is 3.38. The molecule has 3 N–H and O–H groups in total. The van der Waals surface area contributed by atoms with E-state index in [2.05, 4.69) is 25.2 Å². The van der Waals surface area contributed by atoms with E-state index in [9.17, 15) is 4.79 Å². The SMILES string of the molecule is Cc1cc2c(cc1C)OC(C(=O)NC1CCCc3cc(N)ccc31)C2. The number of nitrogens with two attached hydrogens (primary N) is 1. The van der Waals surface area contributed by atoms with E-state index in [-0.39, 0.29) is 11.9 Å². The van der Waals surface area contributed by atoms with Crippen LogP contribution in [-0.4, -0.2) is 12.0 Å². The minimum absolute atomic E-state index is 0.0267. The normalized spacial score (nSPS) is 21.2. The smallest absolute Gasteiger partial charge is 0.261 e. The van der Waals surface area contributed by atoms with Gasteiger partial charge in [0.15, 0.2) is 6.10 Å². The largest absolute Gasteiger partial charge is 0.480 e. The second-order valence-electron chi connectivity index (χ2n) is 7.27. The number of hydrogen-bond donors (Lipinski definition) is 2. The van der Waals surface area contributed by atoms with Crippen LogP contribution in [0.2, 0.25) is 0 Å². The number of anilines is 1. The van der Waals surface area contributed by atoms with E-state index in [1.807, 2.05) is 24.3 Å². The van der Waals surface area contributed by atoms with Gasteiger partial charge in [0.05, 0.1) is 6.04 Å². The van der Waals surface area contributed by atoms with E-state index in [1.54, 1.807) is 0 Å². The summed E-state index contributed by atoms with van der Waals surface area (Å²) in [4.78, 5) is 12.8. The molecule has 4 rings (SSSR count). The molecule has 1 aliphatic carbocycles. The summed E-state index contributed by atoms with van der Waals surface area (Å²) in [6.07, 6.45) is 3.25. The minimum atomic E-state index is -0.435. The lowest BCUT2D eigenvalue weighted by atomic mass is 9.87. The summed E-state index contributed by atoms with van der Waals surface area (Å²) >= 11 is 0. The van der Waals surface area contributed by atoms with Gasteiger partial charge in [-0.2, -0.15) is 0 Å². The van der Waals surface area contributed by atoms with Gasteiger partial charge in [-0.15, -0.1) is 0 Å². The van der Waals surface area contributed by atoms with Crippen molar-refractivity contribution in [1.82, 2.24) is 5.32 Å². The molecular weight excluding hydrogens is 312 g/mol. The van der Waals surface area contributed by atoms with Crippen LogP contribution in [0, 0.1) is 13.8 Å². The molecule has 0 bridgehead atoms. The van der Waals surface area contributed by atoms with E-state index in [0.717, 1.165) is 36.3 Å². The summed E-state index contributed by atoms with van der Waals surface area (Å²) in [5, 5.41) is 3.20. The quantitative estimate of drug-likeness (QED) is 0.826. The molecule has 0 radical (unpaired) electrons. The molecule has 0 saturated heterocycles. The van der Waals surface area contributed by atoms with Gasteiger partial charge in [0, 0.05) is 12.1 Å². The van der Waals surface area contributed by atoms with Crippen LogP contribution in [0.5, 0.6) is 5.75 Å². The maximum atomic E-state index is 12.8. The second kappa shape index (κ2) is 6.10. The van der Waals surface area contributed by atoms with Crippen molar-refractivity contribution < 1.29 is 9.53 Å². The van der Waals surface area contributed by atoms with Crippen molar-refractivity contribution in [3.8, 4) is 5.75 Å². The summed E-state index contributed by atoms with van der Waals surface area (Å²) < 4.78 is 5.92. The van der Waals surface area contributed by atoms with Crippen molar-refractivity contribution in [3.05, 3.63) is 58.1 Å². The summed E-state index contributed by atoms with van der Waals surface area (Å²) in [6, 6.07) is 10.2. The molecule has 1 aliphatic heterocycles. The summed E-state index contributed by atoms with van der Waals surface area (Å²) in [7, 11) is 0. The summed E-state index contributed by atoms with van der Waals surface area (Å²) in [6.45, 7) is 4.16. The zero-order chi connectivity index (χ0) is 17.6. The maximum Gasteiger partial charge on any atom is 0.261 e. The summed E-state index contributed by atoms with van der Waals surface area (Å²) in [5.41, 5.74) is 12.7. The fraction of sp³-hybridized carbons (Fsp3) is 0.381. The highest BCUT2D eigenvalue weighted by molar-refractivity contribution is 5.83. The Morgan fingerprint density at radius 2 is 1.96 bits per heavy atom. The second-order valence-corrected chi connectivity index (χ2v) is 7.27. The van der Waals surface area contributed by atoms with Gasteiger partial charge in [-0.1, -0.05) is 12.1 Å². The molecule has 0 aromatic heterocycles. The number of carbonyl (C=O) groups is 1. The first kappa shape index (κ1) is 16.0. The van der Waals surface area contributed by atoms with Crippen LogP contribution in [-0.2, 0) is 17.6 Å². The Kier molecular flexibility index (Phi) is 3.91. The van der Waals surface area contributed by atoms with Crippen molar-refractivity contribution in [2.75, 3.05) is 5.73 Å². The molecule has 2 aliphatic rings. The topological polar surface area (TPSA) is 64.3 Å². The van der Waals surface area contributed by atoms with E-state index in [1.165, 1.54) is 22.3 Å². The molecule has 2 unspecified atom stereocenters. The lowest BCUT2D eigenvalue weighted by Crippen LogP contribution is -2.40. The van der Waals surface area contributed by atoms with Gasteiger partial charge in [0.2, 0.25) is 0 Å². The van der Waals surface area contributed by atoms with E-state index in [4.69, 9.17) is 10.5 Å². The molecule has 130 valence electrons. The molecular formula is C21H24N2O2. The average molecular weight is 336 g/mol. The highest BCUT2D eigenvalue weighted by Gasteiger charge is 2.32. The van der Waals surface area contributed by atoms with Crippen LogP contribution in [0.4, 0.5) is 5.69 Å². The van der Waals surface area contributed by atoms with Crippen LogP contribution >= 0.6 is 0 Å². The Morgan fingerprint density at radius 1 is 1.16 bits per heavy atom. The molecule has 1 heterocycles. The molecule has 0 fully saturated rings. The Morgan fingerprint density at radius 3 is 2.80 bits per heavy atom. The van der Waals surface area contributed by atoms with Gasteiger partial charge >= 0.3 is 0 Å². The summed E-state index contributed by atoms with van der Waals surface area (Å²) in [5.74, 6) is 0.821. The third kappa shape index (κ3) is 2.97. The molecule has 2 aromatic carbocycles. The Bertz CT molecular complexity index is 813. The lowest BCUT2D eigenvalue weighted by Gasteiger charge is -2.27. The molecule has 25 heavy (non-hydrogen) atoms. The van der Waals surface area contributed by atoms with Crippen molar-refractivity contribution in [1.29, 1.82) is 0 Å². The van der Waals surface area contributed by atoms with E-state index >= 15 is 0 Å². The predicted molar refractivity (Wildman–Crippen MR) is 98.7 cm³/mol. The van der Waals surface area contributed by atoms with Gasteiger partial charge in [0.25, 0.3) is 5.91 Å². The molecule has 2 atom stereocenters. The zero-order valence-corrected chi connectivity index (χ0v) is 14.8. The van der Waals surface area contributed by atoms with Gasteiger partial charge in [0.1, 0.15) is 5.75 Å². The number of carbonyl (C=O) groups excluding carboxylic acids is 1. The third-order valence-electron chi connectivity index (χ3n) is 5.44. The minimum Gasteiger partial charge on any atom is -0.480 e. The Balaban J connectivity index is 1.49. The third-order valence-corrected chi connectivity index (χ3v) is 5.44. The van der Waals surface area contributed by atoms with Gasteiger partial charge in [-0.3, -0.25) is 4.79 Å². The van der Waals surface area contributed by atoms with Crippen LogP contribution < -0.4 is 15.8 Å².